The summed E-state index contributed by atoms with van der Waals surface area (Å²) >= 11 is 0. The highest BCUT2D eigenvalue weighted by molar-refractivity contribution is 5.92. The fraction of sp³-hybridized carbons (Fsp3) is 0.636. The van der Waals surface area contributed by atoms with E-state index in [2.05, 4.69) is 44.5 Å². The standard InChI is InChI=1S/C33H47N5O4/c39-31(37-41)28-22-35-33(36-23-28)38-19-17-25(18-20-38)8-6-7-24-13-15-26(16-14-24)21-34-30(27-9-2-1-3-10-27)32(40)42-29-11-4-5-12-29/h13-16,22-23,25,27,29-30,34,41H,1-12,17-21H2,(H,37,39)/t30-/m0/s1. The number of hydrogen-bond acceptors (Lipinski definition) is 8. The van der Waals surface area contributed by atoms with Crippen LogP contribution in [0.25, 0.3) is 0 Å². The molecule has 9 heteroatoms. The van der Waals surface area contributed by atoms with Crippen molar-refractivity contribution < 1.29 is 19.5 Å². The number of hydroxylamine groups is 1. The zero-order valence-electron chi connectivity index (χ0n) is 24.8. The molecule has 0 bridgehead atoms. The first kappa shape index (κ1) is 30.4. The van der Waals surface area contributed by atoms with E-state index in [9.17, 15) is 9.59 Å². The van der Waals surface area contributed by atoms with Gasteiger partial charge in [-0.2, -0.15) is 0 Å². The Morgan fingerprint density at radius 3 is 2.21 bits per heavy atom. The van der Waals surface area contributed by atoms with Crippen LogP contribution in [0, 0.1) is 11.8 Å². The fourth-order valence-electron chi connectivity index (χ4n) is 6.89. The van der Waals surface area contributed by atoms with Crippen LogP contribution in [0.5, 0.6) is 0 Å². The molecule has 3 aliphatic rings. The molecule has 0 spiro atoms. The van der Waals surface area contributed by atoms with Crippen LogP contribution < -0.4 is 15.7 Å². The SMILES string of the molecule is O=C(NO)c1cnc(N2CCC(CCCc3ccc(CN[C@H](C(=O)OC4CCCC4)C4CCCCC4)cc3)CC2)nc1. The van der Waals surface area contributed by atoms with Crippen molar-refractivity contribution >= 4 is 17.8 Å². The third kappa shape index (κ3) is 8.51. The molecule has 1 aliphatic heterocycles. The lowest BCUT2D eigenvalue weighted by atomic mass is 9.83. The first-order valence-corrected chi connectivity index (χ1v) is 16.1. The van der Waals surface area contributed by atoms with E-state index in [4.69, 9.17) is 9.94 Å². The number of nitrogens with zero attached hydrogens (tertiary/aromatic N) is 3. The maximum Gasteiger partial charge on any atom is 0.323 e. The van der Waals surface area contributed by atoms with Crippen molar-refractivity contribution in [2.75, 3.05) is 18.0 Å². The van der Waals surface area contributed by atoms with Crippen molar-refractivity contribution in [3.05, 3.63) is 53.3 Å². The van der Waals surface area contributed by atoms with Crippen molar-refractivity contribution in [3.8, 4) is 0 Å². The average Bonchev–Trinajstić information content (AvgIpc) is 3.55. The third-order valence-electron chi connectivity index (χ3n) is 9.49. The van der Waals surface area contributed by atoms with E-state index < -0.39 is 5.91 Å². The van der Waals surface area contributed by atoms with Gasteiger partial charge in [-0.05, 0) is 93.6 Å². The second-order valence-corrected chi connectivity index (χ2v) is 12.5. The molecule has 1 aromatic heterocycles. The van der Waals surface area contributed by atoms with Crippen LogP contribution >= 0.6 is 0 Å². The normalized spacial score (nSPS) is 19.5. The van der Waals surface area contributed by atoms with Gasteiger partial charge >= 0.3 is 5.97 Å². The highest BCUT2D eigenvalue weighted by Crippen LogP contribution is 2.29. The van der Waals surface area contributed by atoms with Gasteiger partial charge in [-0.25, -0.2) is 15.4 Å². The van der Waals surface area contributed by atoms with Crippen LogP contribution in [0.1, 0.15) is 105 Å². The van der Waals surface area contributed by atoms with E-state index in [0.717, 1.165) is 58.0 Å². The smallest absolute Gasteiger partial charge is 0.323 e. The summed E-state index contributed by atoms with van der Waals surface area (Å²) in [6, 6.07) is 8.69. The number of benzene rings is 1. The number of aryl methyl sites for hydroxylation is 1. The Morgan fingerprint density at radius 2 is 1.55 bits per heavy atom. The summed E-state index contributed by atoms with van der Waals surface area (Å²) in [4.78, 5) is 35.4. The Hall–Kier alpha value is -3.04. The maximum atomic E-state index is 13.1. The summed E-state index contributed by atoms with van der Waals surface area (Å²) in [5, 5.41) is 12.3. The lowest BCUT2D eigenvalue weighted by Crippen LogP contribution is -2.45. The average molecular weight is 578 g/mol. The number of rotatable bonds is 12. The van der Waals surface area contributed by atoms with E-state index >= 15 is 0 Å². The van der Waals surface area contributed by atoms with Crippen molar-refractivity contribution in [1.82, 2.24) is 20.8 Å². The second-order valence-electron chi connectivity index (χ2n) is 12.5. The lowest BCUT2D eigenvalue weighted by Gasteiger charge is -2.32. The topological polar surface area (TPSA) is 117 Å². The number of amides is 1. The van der Waals surface area contributed by atoms with E-state index in [1.165, 1.54) is 68.5 Å². The summed E-state index contributed by atoms with van der Waals surface area (Å²) in [5.74, 6) is 1.07. The van der Waals surface area contributed by atoms with Gasteiger partial charge in [0.1, 0.15) is 12.1 Å². The molecule has 9 nitrogen and oxygen atoms in total. The molecule has 5 rings (SSSR count). The Bertz CT molecular complexity index is 1120. The first-order valence-electron chi connectivity index (χ1n) is 16.1. The minimum absolute atomic E-state index is 0.0335. The molecule has 2 heterocycles. The number of ether oxygens (including phenoxy) is 1. The van der Waals surface area contributed by atoms with Gasteiger partial charge in [0.25, 0.3) is 5.91 Å². The van der Waals surface area contributed by atoms with E-state index in [1.54, 1.807) is 5.48 Å². The summed E-state index contributed by atoms with van der Waals surface area (Å²) in [6.07, 6.45) is 19.0. The van der Waals surface area contributed by atoms with Gasteiger partial charge < -0.3 is 15.0 Å². The minimum Gasteiger partial charge on any atom is -0.461 e. The van der Waals surface area contributed by atoms with E-state index in [-0.39, 0.29) is 23.7 Å². The Labute approximate surface area is 249 Å². The van der Waals surface area contributed by atoms with Crippen molar-refractivity contribution in [3.63, 3.8) is 0 Å². The summed E-state index contributed by atoms with van der Waals surface area (Å²) in [6.45, 7) is 2.52. The van der Waals surface area contributed by atoms with Crippen LogP contribution in [0.3, 0.4) is 0 Å². The largest absolute Gasteiger partial charge is 0.461 e. The molecule has 0 unspecified atom stereocenters. The number of carbonyl (C=O) groups excluding carboxylic acids is 2. The molecule has 2 saturated carbocycles. The van der Waals surface area contributed by atoms with Crippen molar-refractivity contribution in [2.24, 2.45) is 11.8 Å². The Morgan fingerprint density at radius 1 is 0.905 bits per heavy atom. The quantitative estimate of drug-likeness (QED) is 0.175. The highest BCUT2D eigenvalue weighted by Gasteiger charge is 2.32. The van der Waals surface area contributed by atoms with Gasteiger partial charge in [-0.3, -0.25) is 14.8 Å². The number of carbonyl (C=O) groups is 2. The van der Waals surface area contributed by atoms with Gasteiger partial charge in [0.15, 0.2) is 0 Å². The van der Waals surface area contributed by atoms with Crippen LogP contribution in [-0.2, 0) is 22.5 Å². The van der Waals surface area contributed by atoms with Crippen LogP contribution in [0.4, 0.5) is 5.95 Å². The van der Waals surface area contributed by atoms with Gasteiger partial charge in [0, 0.05) is 32.0 Å². The molecular weight excluding hydrogens is 530 g/mol. The Balaban J connectivity index is 1.03. The number of nitrogens with one attached hydrogen (secondary N) is 2. The molecule has 1 saturated heterocycles. The molecule has 2 aromatic rings. The van der Waals surface area contributed by atoms with Crippen molar-refractivity contribution in [1.29, 1.82) is 0 Å². The number of aromatic nitrogens is 2. The number of esters is 1. The van der Waals surface area contributed by atoms with Gasteiger partial charge in [0.2, 0.25) is 5.95 Å². The molecule has 1 aromatic carbocycles. The molecule has 1 atom stereocenters. The predicted molar refractivity (Wildman–Crippen MR) is 161 cm³/mol. The third-order valence-corrected chi connectivity index (χ3v) is 9.49. The molecule has 2 aliphatic carbocycles. The summed E-state index contributed by atoms with van der Waals surface area (Å²) in [5.41, 5.74) is 4.42. The fourth-order valence-corrected chi connectivity index (χ4v) is 6.89. The van der Waals surface area contributed by atoms with Crippen molar-refractivity contribution in [2.45, 2.75) is 109 Å². The van der Waals surface area contributed by atoms with Crippen LogP contribution in [-0.4, -0.2) is 52.3 Å². The maximum absolute atomic E-state index is 13.1. The zero-order valence-corrected chi connectivity index (χ0v) is 24.8. The number of anilines is 1. The highest BCUT2D eigenvalue weighted by atomic mass is 16.5. The molecule has 3 N–H and O–H groups in total. The Kier molecular flexibility index (Phi) is 11.2. The van der Waals surface area contributed by atoms with Crippen LogP contribution in [0.2, 0.25) is 0 Å². The number of hydrogen-bond donors (Lipinski definition) is 3. The molecule has 3 fully saturated rings. The molecule has 228 valence electrons. The molecular formula is C33H47N5O4. The monoisotopic (exact) mass is 577 g/mol. The zero-order chi connectivity index (χ0) is 29.1. The lowest BCUT2D eigenvalue weighted by molar-refractivity contribution is -0.153. The van der Waals surface area contributed by atoms with Gasteiger partial charge in [-0.1, -0.05) is 43.5 Å². The predicted octanol–water partition coefficient (Wildman–Crippen LogP) is 5.36. The summed E-state index contributed by atoms with van der Waals surface area (Å²) < 4.78 is 5.94. The van der Waals surface area contributed by atoms with E-state index in [1.807, 2.05) is 0 Å². The molecule has 42 heavy (non-hydrogen) atoms. The number of piperidine rings is 1. The summed E-state index contributed by atoms with van der Waals surface area (Å²) in [7, 11) is 0. The van der Waals surface area contributed by atoms with Gasteiger partial charge in [0.05, 0.1) is 5.56 Å². The molecule has 1 amide bonds. The van der Waals surface area contributed by atoms with Gasteiger partial charge in [-0.15, -0.1) is 0 Å². The minimum atomic E-state index is -0.605. The van der Waals surface area contributed by atoms with E-state index in [0.29, 0.717) is 24.3 Å². The first-order chi connectivity index (χ1) is 20.6. The molecule has 0 radical (unpaired) electrons. The second kappa shape index (κ2) is 15.4. The van der Waals surface area contributed by atoms with Crippen LogP contribution in [0.15, 0.2) is 36.7 Å².